The van der Waals surface area contributed by atoms with Crippen LogP contribution in [0.2, 0.25) is 0 Å². The van der Waals surface area contributed by atoms with E-state index in [0.29, 0.717) is 4.67 Å². The summed E-state index contributed by atoms with van der Waals surface area (Å²) in [6.45, 7) is 3.72. The van der Waals surface area contributed by atoms with Gasteiger partial charge in [0.15, 0.2) is 4.67 Å². The summed E-state index contributed by atoms with van der Waals surface area (Å²) in [5, 5.41) is 2.61. The van der Waals surface area contributed by atoms with Gasteiger partial charge >= 0.3 is 11.9 Å². The van der Waals surface area contributed by atoms with Crippen molar-refractivity contribution in [2.24, 2.45) is 0 Å². The van der Waals surface area contributed by atoms with Crippen molar-refractivity contribution in [2.75, 3.05) is 18.5 Å². The van der Waals surface area contributed by atoms with Crippen molar-refractivity contribution in [3.63, 3.8) is 0 Å². The highest BCUT2D eigenvalue weighted by Crippen LogP contribution is 2.20. The van der Waals surface area contributed by atoms with Gasteiger partial charge < -0.3 is 19.2 Å². The lowest BCUT2D eigenvalue weighted by atomic mass is 10.1. The van der Waals surface area contributed by atoms with Crippen LogP contribution in [0.1, 0.15) is 44.9 Å². The number of amides is 1. The van der Waals surface area contributed by atoms with Gasteiger partial charge in [-0.15, -0.1) is 0 Å². The molecule has 0 spiro atoms. The number of nitrogens with one attached hydrogen (secondary N) is 1. The SMILES string of the molecule is CCOC(=O)c1cc(NC(=O)c2coc(Br)c2)cc(C(=O)OCC)c1. The summed E-state index contributed by atoms with van der Waals surface area (Å²) in [4.78, 5) is 36.2. The molecule has 0 bridgehead atoms. The van der Waals surface area contributed by atoms with Gasteiger partial charge in [-0.05, 0) is 48.0 Å². The van der Waals surface area contributed by atoms with E-state index in [0.717, 1.165) is 0 Å². The van der Waals surface area contributed by atoms with Gasteiger partial charge in [0.1, 0.15) is 6.26 Å². The van der Waals surface area contributed by atoms with E-state index in [4.69, 9.17) is 13.9 Å². The lowest BCUT2D eigenvalue weighted by molar-refractivity contribution is 0.0525. The Kier molecular flexibility index (Phi) is 6.35. The Morgan fingerprint density at radius 2 is 1.52 bits per heavy atom. The third kappa shape index (κ3) is 4.93. The van der Waals surface area contributed by atoms with Crippen molar-refractivity contribution in [3.8, 4) is 0 Å². The zero-order chi connectivity index (χ0) is 18.4. The van der Waals surface area contributed by atoms with E-state index in [1.165, 1.54) is 30.5 Å². The molecule has 0 radical (unpaired) electrons. The molecule has 0 atom stereocenters. The zero-order valence-corrected chi connectivity index (χ0v) is 15.2. The second kappa shape index (κ2) is 8.48. The summed E-state index contributed by atoms with van der Waals surface area (Å²) in [5.41, 5.74) is 0.814. The molecule has 0 saturated carbocycles. The molecule has 0 aliphatic heterocycles. The molecule has 0 saturated heterocycles. The second-order valence-electron chi connectivity index (χ2n) is 4.83. The number of benzene rings is 1. The van der Waals surface area contributed by atoms with Gasteiger partial charge in [-0.2, -0.15) is 0 Å². The van der Waals surface area contributed by atoms with Gasteiger partial charge in [0.25, 0.3) is 5.91 Å². The van der Waals surface area contributed by atoms with Crippen molar-refractivity contribution in [3.05, 3.63) is 51.9 Å². The molecule has 0 aliphatic carbocycles. The molecule has 1 heterocycles. The highest BCUT2D eigenvalue weighted by Gasteiger charge is 2.17. The zero-order valence-electron chi connectivity index (χ0n) is 13.6. The predicted octanol–water partition coefficient (Wildman–Crippen LogP) is 3.65. The van der Waals surface area contributed by atoms with Gasteiger partial charge in [-0.25, -0.2) is 9.59 Å². The van der Waals surface area contributed by atoms with Gasteiger partial charge in [0, 0.05) is 11.8 Å². The number of esters is 2. The van der Waals surface area contributed by atoms with Gasteiger partial charge in [-0.1, -0.05) is 0 Å². The van der Waals surface area contributed by atoms with Crippen molar-refractivity contribution in [1.29, 1.82) is 0 Å². The normalized spacial score (nSPS) is 10.2. The molecule has 132 valence electrons. The molecule has 7 nitrogen and oxygen atoms in total. The van der Waals surface area contributed by atoms with E-state index in [-0.39, 0.29) is 35.6 Å². The Balaban J connectivity index is 2.33. The topological polar surface area (TPSA) is 94.8 Å². The van der Waals surface area contributed by atoms with Gasteiger partial charge in [-0.3, -0.25) is 4.79 Å². The molecule has 1 aromatic carbocycles. The first-order valence-electron chi connectivity index (χ1n) is 7.49. The van der Waals surface area contributed by atoms with Crippen molar-refractivity contribution >= 4 is 39.5 Å². The number of furan rings is 1. The molecule has 1 N–H and O–H groups in total. The molecule has 8 heteroatoms. The minimum Gasteiger partial charge on any atom is -0.462 e. The Hall–Kier alpha value is -2.61. The third-order valence-corrected chi connectivity index (χ3v) is 3.46. The van der Waals surface area contributed by atoms with Gasteiger partial charge in [0.2, 0.25) is 0 Å². The first-order chi connectivity index (χ1) is 11.9. The predicted molar refractivity (Wildman–Crippen MR) is 92.7 cm³/mol. The molecule has 2 aromatic rings. The quantitative estimate of drug-likeness (QED) is 0.731. The lowest BCUT2D eigenvalue weighted by Crippen LogP contribution is -2.14. The minimum absolute atomic E-state index is 0.135. The van der Waals surface area contributed by atoms with E-state index in [1.807, 2.05) is 0 Å². The van der Waals surface area contributed by atoms with Crippen LogP contribution >= 0.6 is 15.9 Å². The van der Waals surface area contributed by atoms with E-state index in [1.54, 1.807) is 13.8 Å². The first-order valence-corrected chi connectivity index (χ1v) is 8.28. The van der Waals surface area contributed by atoms with Crippen LogP contribution in [0, 0.1) is 0 Å². The molecule has 1 amide bonds. The van der Waals surface area contributed by atoms with Crippen LogP contribution in [-0.2, 0) is 9.47 Å². The summed E-state index contributed by atoms with van der Waals surface area (Å²) in [6.07, 6.45) is 1.28. The Labute approximate surface area is 152 Å². The van der Waals surface area contributed by atoms with Crippen LogP contribution in [-0.4, -0.2) is 31.1 Å². The van der Waals surface area contributed by atoms with Gasteiger partial charge in [0.05, 0.1) is 29.9 Å². The number of hydrogen-bond acceptors (Lipinski definition) is 6. The van der Waals surface area contributed by atoms with E-state index in [2.05, 4.69) is 21.2 Å². The molecule has 0 aliphatic rings. The average molecular weight is 410 g/mol. The number of carbonyl (C=O) groups is 3. The number of carbonyl (C=O) groups excluding carboxylic acids is 3. The van der Waals surface area contributed by atoms with Crippen LogP contribution in [0.5, 0.6) is 0 Å². The summed E-state index contributed by atoms with van der Waals surface area (Å²) in [5.74, 6) is -1.66. The molecule has 25 heavy (non-hydrogen) atoms. The van der Waals surface area contributed by atoms with Crippen molar-refractivity contribution in [1.82, 2.24) is 0 Å². The van der Waals surface area contributed by atoms with Crippen molar-refractivity contribution < 1.29 is 28.3 Å². The lowest BCUT2D eigenvalue weighted by Gasteiger charge is -2.10. The average Bonchev–Trinajstić information content (AvgIpc) is 3.01. The minimum atomic E-state index is -0.602. The third-order valence-electron chi connectivity index (χ3n) is 3.04. The fourth-order valence-corrected chi connectivity index (χ4v) is 2.34. The molecule has 1 aromatic heterocycles. The Morgan fingerprint density at radius 1 is 0.960 bits per heavy atom. The van der Waals surface area contributed by atoms with E-state index >= 15 is 0 Å². The summed E-state index contributed by atoms with van der Waals surface area (Å²) in [7, 11) is 0. The maximum atomic E-state index is 12.2. The molecule has 0 unspecified atom stereocenters. The standard InChI is InChI=1S/C17H16BrNO6/c1-3-23-16(21)10-5-11(17(22)24-4-2)7-13(6-10)19-15(20)12-8-14(18)25-9-12/h5-9H,3-4H2,1-2H3,(H,19,20). The van der Waals surface area contributed by atoms with Crippen LogP contribution in [0.3, 0.4) is 0 Å². The monoisotopic (exact) mass is 409 g/mol. The summed E-state index contributed by atoms with van der Waals surface area (Å²) in [6, 6.07) is 5.71. The fourth-order valence-electron chi connectivity index (χ4n) is 2.00. The molecule has 0 fully saturated rings. The number of anilines is 1. The highest BCUT2D eigenvalue weighted by molar-refractivity contribution is 9.10. The summed E-state index contributed by atoms with van der Waals surface area (Å²) < 4.78 is 15.3. The largest absolute Gasteiger partial charge is 0.462 e. The van der Waals surface area contributed by atoms with E-state index in [9.17, 15) is 14.4 Å². The summed E-state index contributed by atoms with van der Waals surface area (Å²) >= 11 is 3.11. The van der Waals surface area contributed by atoms with Crippen LogP contribution in [0.4, 0.5) is 5.69 Å². The molecular weight excluding hydrogens is 394 g/mol. The fraction of sp³-hybridized carbons (Fsp3) is 0.235. The maximum Gasteiger partial charge on any atom is 0.338 e. The second-order valence-corrected chi connectivity index (χ2v) is 5.62. The number of rotatable bonds is 6. The Bertz CT molecular complexity index is 762. The molecule has 2 rings (SSSR count). The number of hydrogen-bond donors (Lipinski definition) is 1. The molecular formula is C17H16BrNO6. The van der Waals surface area contributed by atoms with Crippen LogP contribution in [0.25, 0.3) is 0 Å². The number of halogens is 1. The van der Waals surface area contributed by atoms with Crippen LogP contribution < -0.4 is 5.32 Å². The Morgan fingerprint density at radius 3 is 1.96 bits per heavy atom. The smallest absolute Gasteiger partial charge is 0.338 e. The first kappa shape index (κ1) is 18.7. The number of ether oxygens (including phenoxy) is 2. The maximum absolute atomic E-state index is 12.2. The van der Waals surface area contributed by atoms with Crippen LogP contribution in [0.15, 0.2) is 39.6 Å². The van der Waals surface area contributed by atoms with Crippen molar-refractivity contribution in [2.45, 2.75) is 13.8 Å². The highest BCUT2D eigenvalue weighted by atomic mass is 79.9. The van der Waals surface area contributed by atoms with E-state index < -0.39 is 17.8 Å².